The van der Waals surface area contributed by atoms with Crippen molar-refractivity contribution in [3.63, 3.8) is 0 Å². The highest BCUT2D eigenvalue weighted by Gasteiger charge is 2.34. The molecule has 1 aromatic carbocycles. The molecule has 0 aliphatic carbocycles. The molecule has 2 N–H and O–H groups in total. The Hall–Kier alpha value is -3.90. The predicted octanol–water partition coefficient (Wildman–Crippen LogP) is 4.15. The summed E-state index contributed by atoms with van der Waals surface area (Å²) in [6.07, 6.45) is 0.865. The number of alkyl halides is 3. The van der Waals surface area contributed by atoms with Gasteiger partial charge in [-0.25, -0.2) is 9.78 Å². The van der Waals surface area contributed by atoms with Crippen LogP contribution < -0.4 is 10.6 Å². The van der Waals surface area contributed by atoms with Gasteiger partial charge in [0, 0.05) is 75.7 Å². The number of aryl methyl sites for hydroxylation is 1. The van der Waals surface area contributed by atoms with E-state index >= 15 is 0 Å². The molecule has 0 radical (unpaired) electrons. The maximum atomic E-state index is 13.8. The van der Waals surface area contributed by atoms with E-state index in [2.05, 4.69) is 25.6 Å². The van der Waals surface area contributed by atoms with Gasteiger partial charge in [0.15, 0.2) is 5.82 Å². The van der Waals surface area contributed by atoms with Gasteiger partial charge in [-0.3, -0.25) is 14.9 Å². The van der Waals surface area contributed by atoms with Crippen LogP contribution in [0, 0.1) is 0 Å². The Bertz CT molecular complexity index is 1420. The molecule has 2 amide bonds. The molecule has 0 bridgehead atoms. The number of carbonyl (C=O) groups is 1. The third kappa shape index (κ3) is 5.59. The number of urea groups is 1. The first-order valence-electron chi connectivity index (χ1n) is 11.8. The molecule has 9 nitrogen and oxygen atoms in total. The Morgan fingerprint density at radius 3 is 2.54 bits per heavy atom. The number of nitrogens with zero attached hydrogens (tertiary/aromatic N) is 6. The lowest BCUT2D eigenvalue weighted by molar-refractivity contribution is -0.138. The molecule has 4 aromatic rings. The molecule has 1 aliphatic heterocycles. The van der Waals surface area contributed by atoms with Crippen molar-refractivity contribution in [2.24, 2.45) is 7.05 Å². The van der Waals surface area contributed by atoms with Crippen molar-refractivity contribution in [1.82, 2.24) is 29.0 Å². The molecule has 0 atom stereocenters. The molecule has 1 saturated heterocycles. The first-order valence-corrected chi connectivity index (χ1v) is 11.8. The molecule has 1 fully saturated rings. The van der Waals surface area contributed by atoms with Gasteiger partial charge < -0.3 is 14.6 Å². The number of aromatic nitrogens is 4. The van der Waals surface area contributed by atoms with Crippen LogP contribution >= 0.6 is 0 Å². The van der Waals surface area contributed by atoms with Crippen molar-refractivity contribution in [2.75, 3.05) is 43.9 Å². The predicted molar refractivity (Wildman–Crippen MR) is 134 cm³/mol. The molecule has 0 saturated carbocycles. The van der Waals surface area contributed by atoms with E-state index in [1.54, 1.807) is 24.0 Å². The van der Waals surface area contributed by atoms with E-state index in [-0.39, 0.29) is 23.6 Å². The number of pyridine rings is 1. The summed E-state index contributed by atoms with van der Waals surface area (Å²) in [7, 11) is 3.73. The molecule has 37 heavy (non-hydrogen) atoms. The molecule has 194 valence electrons. The lowest BCUT2D eigenvalue weighted by atomic mass is 10.0. The minimum absolute atomic E-state index is 0.0489. The number of fused-ring (bicyclic) bond motifs is 1. The number of imidazole rings is 1. The molecular weight excluding hydrogens is 485 g/mol. The van der Waals surface area contributed by atoms with Crippen LogP contribution in [0.1, 0.15) is 11.1 Å². The number of benzene rings is 1. The fourth-order valence-corrected chi connectivity index (χ4v) is 4.45. The molecule has 3 aromatic heterocycles. The van der Waals surface area contributed by atoms with Gasteiger partial charge >= 0.3 is 12.2 Å². The number of hydrogen-bond donors (Lipinski definition) is 2. The summed E-state index contributed by atoms with van der Waals surface area (Å²) in [6, 6.07) is 8.70. The van der Waals surface area contributed by atoms with Crippen molar-refractivity contribution in [1.29, 1.82) is 0 Å². The summed E-state index contributed by atoms with van der Waals surface area (Å²) in [5, 5.41) is 9.40. The highest BCUT2D eigenvalue weighted by atomic mass is 19.4. The molecule has 5 rings (SSSR count). The number of halogens is 3. The third-order valence-electron chi connectivity index (χ3n) is 6.48. The number of rotatable bonds is 5. The van der Waals surface area contributed by atoms with Crippen LogP contribution in [0.15, 0.2) is 55.0 Å². The SMILES string of the molecule is CN1CCN(Cc2ccc(NC(=O)Nc3cc(-c4ccn5ccnc5c4)n(C)n3)cc2C(F)(F)F)CC1. The average Bonchev–Trinajstić information content (AvgIpc) is 3.46. The van der Waals surface area contributed by atoms with Crippen LogP contribution in [0.2, 0.25) is 0 Å². The van der Waals surface area contributed by atoms with Crippen molar-refractivity contribution < 1.29 is 18.0 Å². The summed E-state index contributed by atoms with van der Waals surface area (Å²) < 4.78 is 45.0. The molecule has 0 unspecified atom stereocenters. The number of amides is 2. The highest BCUT2D eigenvalue weighted by molar-refractivity contribution is 5.99. The van der Waals surface area contributed by atoms with Gasteiger partial charge in [-0.1, -0.05) is 6.07 Å². The van der Waals surface area contributed by atoms with Crippen molar-refractivity contribution in [3.05, 3.63) is 66.1 Å². The van der Waals surface area contributed by atoms with E-state index in [1.807, 2.05) is 40.9 Å². The number of likely N-dealkylation sites (N-methyl/N-ethyl adjacent to an activating group) is 1. The van der Waals surface area contributed by atoms with Gasteiger partial charge in [-0.2, -0.15) is 18.3 Å². The van der Waals surface area contributed by atoms with Gasteiger partial charge in [-0.05, 0) is 36.9 Å². The number of carbonyl (C=O) groups excluding carboxylic acids is 1. The van der Waals surface area contributed by atoms with E-state index < -0.39 is 17.8 Å². The summed E-state index contributed by atoms with van der Waals surface area (Å²) in [5.41, 5.74) is 1.85. The zero-order valence-corrected chi connectivity index (χ0v) is 20.5. The van der Waals surface area contributed by atoms with Crippen LogP contribution in [0.4, 0.5) is 29.5 Å². The maximum Gasteiger partial charge on any atom is 0.416 e. The van der Waals surface area contributed by atoms with Crippen LogP contribution in [-0.2, 0) is 19.8 Å². The van der Waals surface area contributed by atoms with Gasteiger partial charge in [-0.15, -0.1) is 0 Å². The van der Waals surface area contributed by atoms with E-state index in [4.69, 9.17) is 0 Å². The van der Waals surface area contributed by atoms with Crippen LogP contribution in [0.3, 0.4) is 0 Å². The fourth-order valence-electron chi connectivity index (χ4n) is 4.45. The van der Waals surface area contributed by atoms with E-state index in [9.17, 15) is 18.0 Å². The average molecular weight is 513 g/mol. The smallest absolute Gasteiger partial charge is 0.308 e. The molecular formula is C25H27F3N8O. The second-order valence-corrected chi connectivity index (χ2v) is 9.17. The van der Waals surface area contributed by atoms with E-state index in [0.29, 0.717) is 13.1 Å². The maximum absolute atomic E-state index is 13.8. The standard InChI is InChI=1S/C25H27F3N8O/c1-33-9-11-35(12-10-33)16-18-3-4-19(14-20(18)25(26,27)28)30-24(37)31-22-15-21(34(2)32-22)17-5-7-36-8-6-29-23(36)13-17/h3-8,13-15H,9-12,16H2,1-2H3,(H2,30,31,32,37). The van der Waals surface area contributed by atoms with Crippen molar-refractivity contribution in [3.8, 4) is 11.3 Å². The molecule has 0 spiro atoms. The number of nitrogens with one attached hydrogen (secondary N) is 2. The van der Waals surface area contributed by atoms with Crippen LogP contribution in [0.25, 0.3) is 16.9 Å². The molecule has 1 aliphatic rings. The van der Waals surface area contributed by atoms with Crippen LogP contribution in [0.5, 0.6) is 0 Å². The number of piperazine rings is 1. The fraction of sp³-hybridized carbons (Fsp3) is 0.320. The van der Waals surface area contributed by atoms with Gasteiger partial charge in [0.1, 0.15) is 5.65 Å². The van der Waals surface area contributed by atoms with Gasteiger partial charge in [0.05, 0.1) is 11.3 Å². The van der Waals surface area contributed by atoms with Gasteiger partial charge in [0.2, 0.25) is 0 Å². The summed E-state index contributed by atoms with van der Waals surface area (Å²) in [6.45, 7) is 3.25. The normalized spacial score (nSPS) is 15.3. The zero-order valence-electron chi connectivity index (χ0n) is 20.5. The van der Waals surface area contributed by atoms with E-state index in [0.717, 1.165) is 36.1 Å². The minimum Gasteiger partial charge on any atom is -0.308 e. The summed E-state index contributed by atoms with van der Waals surface area (Å²) in [5.74, 6) is 0.265. The van der Waals surface area contributed by atoms with Crippen LogP contribution in [-0.4, -0.2) is 68.2 Å². The van der Waals surface area contributed by atoms with E-state index in [1.165, 1.54) is 12.1 Å². The highest BCUT2D eigenvalue weighted by Crippen LogP contribution is 2.34. The quantitative estimate of drug-likeness (QED) is 0.420. The lowest BCUT2D eigenvalue weighted by Gasteiger charge is -2.33. The number of anilines is 2. The second-order valence-electron chi connectivity index (χ2n) is 9.17. The zero-order chi connectivity index (χ0) is 26.2. The lowest BCUT2D eigenvalue weighted by Crippen LogP contribution is -2.44. The molecule has 4 heterocycles. The summed E-state index contributed by atoms with van der Waals surface area (Å²) >= 11 is 0. The van der Waals surface area contributed by atoms with Gasteiger partial charge in [0.25, 0.3) is 0 Å². The Morgan fingerprint density at radius 2 is 1.78 bits per heavy atom. The van der Waals surface area contributed by atoms with Crippen molar-refractivity contribution in [2.45, 2.75) is 12.7 Å². The second kappa shape index (κ2) is 9.87. The monoisotopic (exact) mass is 512 g/mol. The largest absolute Gasteiger partial charge is 0.416 e. The van der Waals surface area contributed by atoms with Crippen molar-refractivity contribution >= 4 is 23.2 Å². The Balaban J connectivity index is 1.28. The third-order valence-corrected chi connectivity index (χ3v) is 6.48. The summed E-state index contributed by atoms with van der Waals surface area (Å²) in [4.78, 5) is 21.0. The topological polar surface area (TPSA) is 82.7 Å². The minimum atomic E-state index is -4.54. The Labute approximate surface area is 211 Å². The Kier molecular flexibility index (Phi) is 6.61. The molecule has 12 heteroatoms. The first kappa shape index (κ1) is 24.8. The first-order chi connectivity index (χ1) is 17.7. The number of hydrogen-bond acceptors (Lipinski definition) is 5. The Morgan fingerprint density at radius 1 is 1.00 bits per heavy atom.